The van der Waals surface area contributed by atoms with Crippen LogP contribution in [0.3, 0.4) is 0 Å². The van der Waals surface area contributed by atoms with Gasteiger partial charge in [0.1, 0.15) is 11.6 Å². The van der Waals surface area contributed by atoms with Crippen LogP contribution in [0, 0.1) is 17.6 Å². The Bertz CT molecular complexity index is 310. The summed E-state index contributed by atoms with van der Waals surface area (Å²) in [7, 11) is 0. The van der Waals surface area contributed by atoms with Crippen LogP contribution in [0.15, 0.2) is 18.2 Å². The molecule has 0 amide bonds. The lowest BCUT2D eigenvalue weighted by Gasteiger charge is -2.08. The van der Waals surface area contributed by atoms with Crippen molar-refractivity contribution in [2.45, 2.75) is 26.7 Å². The third-order valence-corrected chi connectivity index (χ3v) is 2.20. The Labute approximate surface area is 89.5 Å². The predicted octanol–water partition coefficient (Wildman–Crippen LogP) is 3.81. The van der Waals surface area contributed by atoms with Crippen molar-refractivity contribution in [3.05, 3.63) is 29.8 Å². The highest BCUT2D eigenvalue weighted by molar-refractivity contribution is 5.44. The van der Waals surface area contributed by atoms with E-state index >= 15 is 0 Å². The minimum Gasteiger partial charge on any atom is -0.383 e. The van der Waals surface area contributed by atoms with Crippen molar-refractivity contribution in [2.75, 3.05) is 11.9 Å². The van der Waals surface area contributed by atoms with Gasteiger partial charge in [-0.05, 0) is 37.0 Å². The number of nitrogens with one attached hydrogen (secondary N) is 1. The van der Waals surface area contributed by atoms with Crippen molar-refractivity contribution < 1.29 is 8.78 Å². The maximum absolute atomic E-state index is 13.1. The van der Waals surface area contributed by atoms with Gasteiger partial charge in [-0.3, -0.25) is 0 Å². The molecule has 0 saturated carbocycles. The fraction of sp³-hybridized carbons (Fsp3) is 0.500. The lowest BCUT2D eigenvalue weighted by molar-refractivity contribution is 0.564. The van der Waals surface area contributed by atoms with Crippen molar-refractivity contribution in [3.8, 4) is 0 Å². The summed E-state index contributed by atoms with van der Waals surface area (Å²) in [6.45, 7) is 4.96. The van der Waals surface area contributed by atoms with Gasteiger partial charge in [-0.1, -0.05) is 13.8 Å². The number of halogens is 2. The highest BCUT2D eigenvalue weighted by Gasteiger charge is 2.02. The summed E-state index contributed by atoms with van der Waals surface area (Å²) in [6.07, 6.45) is 2.05. The van der Waals surface area contributed by atoms with Crippen molar-refractivity contribution in [3.63, 3.8) is 0 Å². The molecule has 0 saturated heterocycles. The first-order chi connectivity index (χ1) is 7.09. The van der Waals surface area contributed by atoms with Crippen LogP contribution in [-0.2, 0) is 0 Å². The largest absolute Gasteiger partial charge is 0.383 e. The third-order valence-electron chi connectivity index (χ3n) is 2.20. The number of hydrogen-bond donors (Lipinski definition) is 1. The summed E-state index contributed by atoms with van der Waals surface area (Å²) in [5.74, 6) is -0.173. The normalized spacial score (nSPS) is 10.7. The summed E-state index contributed by atoms with van der Waals surface area (Å²) < 4.78 is 25.9. The molecule has 0 aromatic heterocycles. The molecule has 0 spiro atoms. The maximum atomic E-state index is 13.1. The fourth-order valence-electron chi connectivity index (χ4n) is 1.37. The second-order valence-electron chi connectivity index (χ2n) is 4.09. The zero-order valence-electron chi connectivity index (χ0n) is 9.19. The first-order valence-corrected chi connectivity index (χ1v) is 5.28. The molecular weight excluding hydrogens is 196 g/mol. The van der Waals surface area contributed by atoms with Gasteiger partial charge in [-0.15, -0.1) is 0 Å². The Kier molecular flexibility index (Phi) is 4.53. The molecule has 0 aliphatic rings. The molecule has 1 rings (SSSR count). The quantitative estimate of drug-likeness (QED) is 0.733. The molecule has 0 bridgehead atoms. The second kappa shape index (κ2) is 5.69. The van der Waals surface area contributed by atoms with Gasteiger partial charge in [-0.25, -0.2) is 8.78 Å². The highest BCUT2D eigenvalue weighted by Crippen LogP contribution is 2.15. The Balaban J connectivity index is 2.40. The van der Waals surface area contributed by atoms with Crippen molar-refractivity contribution >= 4 is 5.69 Å². The van der Waals surface area contributed by atoms with Crippen molar-refractivity contribution in [1.82, 2.24) is 0 Å². The van der Waals surface area contributed by atoms with Gasteiger partial charge in [0.2, 0.25) is 0 Å². The predicted molar refractivity (Wildman–Crippen MR) is 58.9 cm³/mol. The molecule has 1 aromatic rings. The number of hydrogen-bond acceptors (Lipinski definition) is 1. The number of benzene rings is 1. The summed E-state index contributed by atoms with van der Waals surface area (Å²) in [5, 5.41) is 2.89. The molecular formula is C12H17F2N. The van der Waals surface area contributed by atoms with E-state index in [4.69, 9.17) is 0 Å². The molecule has 0 aliphatic heterocycles. The molecule has 15 heavy (non-hydrogen) atoms. The average Bonchev–Trinajstić information content (AvgIpc) is 2.17. The maximum Gasteiger partial charge on any atom is 0.146 e. The van der Waals surface area contributed by atoms with E-state index in [9.17, 15) is 8.78 Å². The summed E-state index contributed by atoms with van der Waals surface area (Å²) in [5.41, 5.74) is 0.249. The summed E-state index contributed by atoms with van der Waals surface area (Å²) in [4.78, 5) is 0. The summed E-state index contributed by atoms with van der Waals surface area (Å²) >= 11 is 0. The first kappa shape index (κ1) is 12.0. The molecule has 1 nitrogen and oxygen atoms in total. The lowest BCUT2D eigenvalue weighted by atomic mass is 10.1. The fourth-order valence-corrected chi connectivity index (χ4v) is 1.37. The minimum atomic E-state index is -0.414. The van der Waals surface area contributed by atoms with E-state index in [-0.39, 0.29) is 5.69 Å². The molecule has 0 radical (unpaired) electrons. The molecule has 1 N–H and O–H groups in total. The van der Waals surface area contributed by atoms with Gasteiger partial charge in [0.05, 0.1) is 5.69 Å². The second-order valence-corrected chi connectivity index (χ2v) is 4.09. The Hall–Kier alpha value is -1.12. The molecule has 0 fully saturated rings. The van der Waals surface area contributed by atoms with Crippen LogP contribution < -0.4 is 5.32 Å². The van der Waals surface area contributed by atoms with Gasteiger partial charge < -0.3 is 5.32 Å². The molecule has 0 atom stereocenters. The molecule has 84 valence electrons. The SMILES string of the molecule is CC(C)CCCNc1cc(F)ccc1F. The third kappa shape index (κ3) is 4.28. The van der Waals surface area contributed by atoms with Gasteiger partial charge >= 0.3 is 0 Å². The van der Waals surface area contributed by atoms with Crippen molar-refractivity contribution in [1.29, 1.82) is 0 Å². The van der Waals surface area contributed by atoms with E-state index in [1.807, 2.05) is 0 Å². The van der Waals surface area contributed by atoms with E-state index in [0.29, 0.717) is 12.5 Å². The van der Waals surface area contributed by atoms with Gasteiger partial charge in [0, 0.05) is 6.54 Å². The Morgan fingerprint density at radius 1 is 1.27 bits per heavy atom. The van der Waals surface area contributed by atoms with E-state index in [1.54, 1.807) is 0 Å². The molecule has 3 heteroatoms. The molecule has 0 unspecified atom stereocenters. The van der Waals surface area contributed by atoms with Crippen molar-refractivity contribution in [2.24, 2.45) is 5.92 Å². The van der Waals surface area contributed by atoms with E-state index in [1.165, 1.54) is 6.07 Å². The molecule has 0 heterocycles. The van der Waals surface area contributed by atoms with E-state index in [2.05, 4.69) is 19.2 Å². The zero-order chi connectivity index (χ0) is 11.3. The lowest BCUT2D eigenvalue weighted by Crippen LogP contribution is -2.04. The first-order valence-electron chi connectivity index (χ1n) is 5.28. The monoisotopic (exact) mass is 213 g/mol. The standard InChI is InChI=1S/C12H17F2N/c1-9(2)4-3-7-15-12-8-10(13)5-6-11(12)14/h5-6,8-9,15H,3-4,7H2,1-2H3. The topological polar surface area (TPSA) is 12.0 Å². The Morgan fingerprint density at radius 2 is 2.00 bits per heavy atom. The van der Waals surface area contributed by atoms with Crippen LogP contribution in [0.2, 0.25) is 0 Å². The number of anilines is 1. The van der Waals surface area contributed by atoms with Gasteiger partial charge in [0.25, 0.3) is 0 Å². The highest BCUT2D eigenvalue weighted by atomic mass is 19.1. The summed E-state index contributed by atoms with van der Waals surface area (Å²) in [6, 6.07) is 3.44. The van der Waals surface area contributed by atoms with Crippen LogP contribution in [0.25, 0.3) is 0 Å². The van der Waals surface area contributed by atoms with Gasteiger partial charge in [0.15, 0.2) is 0 Å². The van der Waals surface area contributed by atoms with Crippen LogP contribution in [-0.4, -0.2) is 6.54 Å². The molecule has 1 aromatic carbocycles. The van der Waals surface area contributed by atoms with Crippen LogP contribution in [0.4, 0.5) is 14.5 Å². The molecule has 0 aliphatic carbocycles. The smallest absolute Gasteiger partial charge is 0.146 e. The van der Waals surface area contributed by atoms with Crippen LogP contribution in [0.1, 0.15) is 26.7 Å². The van der Waals surface area contributed by atoms with Gasteiger partial charge in [-0.2, -0.15) is 0 Å². The van der Waals surface area contributed by atoms with Crippen LogP contribution in [0.5, 0.6) is 0 Å². The van der Waals surface area contributed by atoms with Crippen LogP contribution >= 0.6 is 0 Å². The van der Waals surface area contributed by atoms with E-state index in [0.717, 1.165) is 25.0 Å². The number of rotatable bonds is 5. The Morgan fingerprint density at radius 3 is 2.67 bits per heavy atom. The average molecular weight is 213 g/mol. The minimum absolute atomic E-state index is 0.249. The van der Waals surface area contributed by atoms with E-state index < -0.39 is 11.6 Å². The zero-order valence-corrected chi connectivity index (χ0v) is 9.19.